The molecule has 3 atom stereocenters. The Kier molecular flexibility index (Phi) is 4.23. The predicted octanol–water partition coefficient (Wildman–Crippen LogP) is -1.68. The number of ether oxygens (including phenoxy) is 1. The molecule has 2 aliphatic heterocycles. The van der Waals surface area contributed by atoms with Crippen molar-refractivity contribution in [2.24, 2.45) is 0 Å². The van der Waals surface area contributed by atoms with Gasteiger partial charge in [-0.15, -0.1) is 0 Å². The number of rotatable bonds is 2. The van der Waals surface area contributed by atoms with Crippen LogP contribution in [-0.4, -0.2) is 88.2 Å². The summed E-state index contributed by atoms with van der Waals surface area (Å²) in [7, 11) is 0. The summed E-state index contributed by atoms with van der Waals surface area (Å²) < 4.78 is 5.24. The highest BCUT2D eigenvalue weighted by molar-refractivity contribution is 5.83. The Bertz CT molecular complexity index is 363. The summed E-state index contributed by atoms with van der Waals surface area (Å²) in [5.41, 5.74) is 0. The Balaban J connectivity index is 2.03. The third-order valence-corrected chi connectivity index (χ3v) is 3.42. The zero-order chi connectivity index (χ0) is 14.0. The average molecular weight is 274 g/mol. The van der Waals surface area contributed by atoms with E-state index in [-0.39, 0.29) is 26.1 Å². The Hall–Kier alpha value is -1.38. The Morgan fingerprint density at radius 2 is 2.05 bits per heavy atom. The van der Waals surface area contributed by atoms with Crippen LogP contribution in [0.5, 0.6) is 0 Å². The maximum absolute atomic E-state index is 12.3. The van der Waals surface area contributed by atoms with Crippen molar-refractivity contribution in [3.8, 4) is 0 Å². The number of hydrogen-bond donors (Lipinski definition) is 3. The van der Waals surface area contributed by atoms with Crippen LogP contribution in [0.2, 0.25) is 0 Å². The molecule has 8 nitrogen and oxygen atoms in total. The molecular weight excluding hydrogens is 256 g/mol. The molecule has 0 radical (unpaired) electrons. The maximum atomic E-state index is 12.3. The molecule has 0 aromatic heterocycles. The second-order valence-corrected chi connectivity index (χ2v) is 4.80. The Morgan fingerprint density at radius 3 is 2.68 bits per heavy atom. The highest BCUT2D eigenvalue weighted by Gasteiger charge is 2.41. The van der Waals surface area contributed by atoms with Gasteiger partial charge in [-0.3, -0.25) is 0 Å². The van der Waals surface area contributed by atoms with E-state index in [2.05, 4.69) is 0 Å². The first-order chi connectivity index (χ1) is 9.02. The molecule has 3 unspecified atom stereocenters. The normalized spacial score (nSPS) is 31.6. The van der Waals surface area contributed by atoms with Crippen LogP contribution in [-0.2, 0) is 9.53 Å². The number of aliphatic carboxylic acids is 1. The molecule has 0 bridgehead atoms. The number of nitrogens with zero attached hydrogens (tertiary/aromatic N) is 2. The molecular formula is C11H18N2O6. The molecule has 2 rings (SSSR count). The fourth-order valence-corrected chi connectivity index (χ4v) is 2.44. The number of hydrogen-bond acceptors (Lipinski definition) is 5. The minimum Gasteiger partial charge on any atom is -0.480 e. The average Bonchev–Trinajstić information content (AvgIpc) is 2.80. The number of morpholine rings is 1. The van der Waals surface area contributed by atoms with Gasteiger partial charge in [0.25, 0.3) is 0 Å². The third kappa shape index (κ3) is 2.96. The van der Waals surface area contributed by atoms with Crippen molar-refractivity contribution in [2.75, 3.05) is 32.8 Å². The molecule has 0 aliphatic carbocycles. The van der Waals surface area contributed by atoms with Crippen LogP contribution in [0, 0.1) is 0 Å². The fourth-order valence-electron chi connectivity index (χ4n) is 2.44. The summed E-state index contributed by atoms with van der Waals surface area (Å²) in [6, 6.07) is -1.41. The Labute approximate surface area is 110 Å². The number of carboxylic acid groups (broad SMARTS) is 1. The number of aliphatic hydroxyl groups is 2. The summed E-state index contributed by atoms with van der Waals surface area (Å²) in [5.74, 6) is -1.11. The van der Waals surface area contributed by atoms with Gasteiger partial charge < -0.3 is 29.9 Å². The van der Waals surface area contributed by atoms with Gasteiger partial charge >= 0.3 is 12.0 Å². The topological polar surface area (TPSA) is 111 Å². The summed E-state index contributed by atoms with van der Waals surface area (Å²) in [6.07, 6.45) is -1.19. The number of carbonyl (C=O) groups excluding carboxylic acids is 1. The first-order valence-corrected chi connectivity index (χ1v) is 6.21. The molecule has 2 fully saturated rings. The standard InChI is InChI=1S/C11H18N2O6/c14-6-8-5-12(1-2-19-8)11(18)13-4-7(15)3-9(13)10(16)17/h7-9,14-15H,1-6H2,(H,16,17). The van der Waals surface area contributed by atoms with Crippen LogP contribution in [0.4, 0.5) is 4.79 Å². The van der Waals surface area contributed by atoms with E-state index in [0.717, 1.165) is 0 Å². The number of carboxylic acids is 1. The van der Waals surface area contributed by atoms with Gasteiger partial charge in [0, 0.05) is 19.5 Å². The van der Waals surface area contributed by atoms with Gasteiger partial charge in [0.2, 0.25) is 0 Å². The van der Waals surface area contributed by atoms with Crippen molar-refractivity contribution in [1.29, 1.82) is 0 Å². The minimum atomic E-state index is -1.11. The lowest BCUT2D eigenvalue weighted by atomic mass is 10.2. The van der Waals surface area contributed by atoms with Crippen LogP contribution < -0.4 is 0 Å². The molecule has 2 saturated heterocycles. The second kappa shape index (κ2) is 5.72. The largest absolute Gasteiger partial charge is 0.480 e. The van der Waals surface area contributed by atoms with Crippen molar-refractivity contribution >= 4 is 12.0 Å². The van der Waals surface area contributed by atoms with Gasteiger partial charge in [0.1, 0.15) is 6.04 Å². The van der Waals surface area contributed by atoms with Crippen LogP contribution >= 0.6 is 0 Å². The molecule has 19 heavy (non-hydrogen) atoms. The Morgan fingerprint density at radius 1 is 1.32 bits per heavy atom. The van der Waals surface area contributed by atoms with E-state index in [0.29, 0.717) is 13.2 Å². The molecule has 3 N–H and O–H groups in total. The van der Waals surface area contributed by atoms with Crippen LogP contribution in [0.25, 0.3) is 0 Å². The van der Waals surface area contributed by atoms with Crippen molar-refractivity contribution in [1.82, 2.24) is 9.80 Å². The number of carbonyl (C=O) groups is 2. The molecule has 2 amide bonds. The van der Waals surface area contributed by atoms with Crippen LogP contribution in [0.15, 0.2) is 0 Å². The van der Waals surface area contributed by atoms with Gasteiger partial charge in [0.05, 0.1) is 32.0 Å². The maximum Gasteiger partial charge on any atom is 0.326 e. The molecule has 2 aliphatic rings. The fraction of sp³-hybridized carbons (Fsp3) is 0.818. The predicted molar refractivity (Wildman–Crippen MR) is 62.5 cm³/mol. The van der Waals surface area contributed by atoms with Crippen molar-refractivity contribution in [3.63, 3.8) is 0 Å². The van der Waals surface area contributed by atoms with E-state index in [1.54, 1.807) is 0 Å². The number of urea groups is 1. The third-order valence-electron chi connectivity index (χ3n) is 3.42. The lowest BCUT2D eigenvalue weighted by Gasteiger charge is -2.35. The van der Waals surface area contributed by atoms with Gasteiger partial charge in [-0.05, 0) is 0 Å². The van der Waals surface area contributed by atoms with E-state index in [1.807, 2.05) is 0 Å². The monoisotopic (exact) mass is 274 g/mol. The number of likely N-dealkylation sites (tertiary alicyclic amines) is 1. The highest BCUT2D eigenvalue weighted by atomic mass is 16.5. The molecule has 0 saturated carbocycles. The molecule has 108 valence electrons. The van der Waals surface area contributed by atoms with Crippen molar-refractivity contribution < 1.29 is 29.6 Å². The quantitative estimate of drug-likeness (QED) is 0.554. The van der Waals surface area contributed by atoms with E-state index in [4.69, 9.17) is 14.9 Å². The van der Waals surface area contributed by atoms with Crippen LogP contribution in [0.3, 0.4) is 0 Å². The van der Waals surface area contributed by atoms with E-state index in [9.17, 15) is 14.7 Å². The van der Waals surface area contributed by atoms with E-state index >= 15 is 0 Å². The second-order valence-electron chi connectivity index (χ2n) is 4.80. The first-order valence-electron chi connectivity index (χ1n) is 6.21. The SMILES string of the molecule is O=C(O)C1CC(O)CN1C(=O)N1CCOC(CO)C1. The zero-order valence-electron chi connectivity index (χ0n) is 10.4. The van der Waals surface area contributed by atoms with Gasteiger partial charge in [-0.25, -0.2) is 9.59 Å². The van der Waals surface area contributed by atoms with Crippen LogP contribution in [0.1, 0.15) is 6.42 Å². The van der Waals surface area contributed by atoms with Crippen molar-refractivity contribution in [3.05, 3.63) is 0 Å². The summed E-state index contributed by atoms with van der Waals surface area (Å²) in [4.78, 5) is 26.0. The smallest absolute Gasteiger partial charge is 0.326 e. The molecule has 0 spiro atoms. The molecule has 2 heterocycles. The number of aliphatic hydroxyl groups excluding tert-OH is 2. The van der Waals surface area contributed by atoms with E-state index in [1.165, 1.54) is 9.80 Å². The first kappa shape index (κ1) is 14.0. The lowest BCUT2D eigenvalue weighted by molar-refractivity contribution is -0.141. The minimum absolute atomic E-state index is 0.0248. The van der Waals surface area contributed by atoms with E-state index < -0.39 is 30.3 Å². The summed E-state index contributed by atoms with van der Waals surface area (Å²) in [6.45, 7) is 0.735. The molecule has 0 aromatic carbocycles. The number of β-amino-alcohol motifs (C(OH)–C–C–N with tert-alkyl or cyclic N) is 1. The van der Waals surface area contributed by atoms with Crippen molar-refractivity contribution in [2.45, 2.75) is 24.7 Å². The van der Waals surface area contributed by atoms with Gasteiger partial charge in [0.15, 0.2) is 0 Å². The highest BCUT2D eigenvalue weighted by Crippen LogP contribution is 2.21. The lowest BCUT2D eigenvalue weighted by Crippen LogP contribution is -2.54. The van der Waals surface area contributed by atoms with Gasteiger partial charge in [-0.1, -0.05) is 0 Å². The van der Waals surface area contributed by atoms with Gasteiger partial charge in [-0.2, -0.15) is 0 Å². The molecule has 0 aromatic rings. The number of amides is 2. The summed E-state index contributed by atoms with van der Waals surface area (Å²) >= 11 is 0. The zero-order valence-corrected chi connectivity index (χ0v) is 10.4. The molecule has 8 heteroatoms. The summed E-state index contributed by atoms with van der Waals surface area (Å²) in [5, 5.41) is 27.6.